The fraction of sp³-hybridized carbons (Fsp3) is 0.538. The van der Waals surface area contributed by atoms with E-state index >= 15 is 0 Å². The predicted molar refractivity (Wildman–Crippen MR) is 78.7 cm³/mol. The molecular formula is C13H17Cl2F3N2O. The molecule has 1 atom stereocenters. The SMILES string of the molecule is Cl.Nc1c(Cl)cc(C(O)CNC2CCC2)cc1C(F)(F)F. The van der Waals surface area contributed by atoms with Gasteiger partial charge in [0.2, 0.25) is 0 Å². The van der Waals surface area contributed by atoms with E-state index < -0.39 is 23.5 Å². The zero-order valence-electron chi connectivity index (χ0n) is 11.1. The summed E-state index contributed by atoms with van der Waals surface area (Å²) in [4.78, 5) is 0. The number of aliphatic hydroxyl groups excluding tert-OH is 1. The molecule has 0 aromatic heterocycles. The molecule has 0 amide bonds. The number of benzene rings is 1. The first-order valence-electron chi connectivity index (χ1n) is 6.36. The molecule has 1 aliphatic carbocycles. The van der Waals surface area contributed by atoms with Gasteiger partial charge in [-0.1, -0.05) is 18.0 Å². The Hall–Kier alpha value is -0.690. The summed E-state index contributed by atoms with van der Waals surface area (Å²) >= 11 is 5.71. The van der Waals surface area contributed by atoms with E-state index in [-0.39, 0.29) is 29.5 Å². The number of nitrogens with one attached hydrogen (secondary N) is 1. The van der Waals surface area contributed by atoms with Gasteiger partial charge in [-0.2, -0.15) is 13.2 Å². The van der Waals surface area contributed by atoms with E-state index in [9.17, 15) is 18.3 Å². The Bertz CT molecular complexity index is 493. The number of halogens is 5. The first-order valence-corrected chi connectivity index (χ1v) is 6.74. The monoisotopic (exact) mass is 344 g/mol. The molecule has 1 unspecified atom stereocenters. The number of anilines is 1. The van der Waals surface area contributed by atoms with Crippen LogP contribution in [0, 0.1) is 0 Å². The van der Waals surface area contributed by atoms with Crippen LogP contribution in [0.2, 0.25) is 5.02 Å². The number of nitrogen functional groups attached to an aromatic ring is 1. The summed E-state index contributed by atoms with van der Waals surface area (Å²) in [5, 5.41) is 12.9. The molecule has 0 heterocycles. The number of hydrogen-bond acceptors (Lipinski definition) is 3. The maximum atomic E-state index is 12.8. The quantitative estimate of drug-likeness (QED) is 0.732. The number of aliphatic hydroxyl groups is 1. The number of alkyl halides is 3. The summed E-state index contributed by atoms with van der Waals surface area (Å²) < 4.78 is 38.4. The molecule has 4 N–H and O–H groups in total. The van der Waals surface area contributed by atoms with Gasteiger partial charge in [0, 0.05) is 12.6 Å². The average molecular weight is 345 g/mol. The van der Waals surface area contributed by atoms with E-state index in [0.717, 1.165) is 25.3 Å². The van der Waals surface area contributed by atoms with Crippen molar-refractivity contribution in [1.82, 2.24) is 5.32 Å². The summed E-state index contributed by atoms with van der Waals surface area (Å²) in [7, 11) is 0. The van der Waals surface area contributed by atoms with E-state index in [0.29, 0.717) is 6.04 Å². The summed E-state index contributed by atoms with van der Waals surface area (Å²) in [5.74, 6) is 0. The highest BCUT2D eigenvalue weighted by molar-refractivity contribution is 6.33. The molecule has 0 bridgehead atoms. The van der Waals surface area contributed by atoms with Crippen molar-refractivity contribution in [3.63, 3.8) is 0 Å². The van der Waals surface area contributed by atoms with Crippen LogP contribution in [0.1, 0.15) is 36.5 Å². The van der Waals surface area contributed by atoms with Crippen LogP contribution >= 0.6 is 24.0 Å². The minimum absolute atomic E-state index is 0. The lowest BCUT2D eigenvalue weighted by Gasteiger charge is -2.28. The highest BCUT2D eigenvalue weighted by Gasteiger charge is 2.34. The van der Waals surface area contributed by atoms with Crippen LogP contribution < -0.4 is 11.1 Å². The lowest BCUT2D eigenvalue weighted by Crippen LogP contribution is -2.37. The molecule has 1 aromatic carbocycles. The summed E-state index contributed by atoms with van der Waals surface area (Å²) in [6.45, 7) is 0.197. The van der Waals surface area contributed by atoms with Crippen LogP contribution in [0.5, 0.6) is 0 Å². The second-order valence-corrected chi connectivity index (χ2v) is 5.42. The average Bonchev–Trinajstić information content (AvgIpc) is 2.28. The molecule has 2 rings (SSSR count). The largest absolute Gasteiger partial charge is 0.418 e. The first kappa shape index (κ1) is 18.4. The zero-order chi connectivity index (χ0) is 14.9. The molecule has 0 spiro atoms. The van der Waals surface area contributed by atoms with Crippen LogP contribution in [0.3, 0.4) is 0 Å². The van der Waals surface area contributed by atoms with Gasteiger partial charge in [0.1, 0.15) is 0 Å². The predicted octanol–water partition coefficient (Wildman–Crippen LogP) is 3.54. The van der Waals surface area contributed by atoms with Gasteiger partial charge in [-0.3, -0.25) is 0 Å². The lowest BCUT2D eigenvalue weighted by molar-refractivity contribution is -0.137. The van der Waals surface area contributed by atoms with E-state index in [1.807, 2.05) is 0 Å². The molecule has 8 heteroatoms. The van der Waals surface area contributed by atoms with Gasteiger partial charge >= 0.3 is 6.18 Å². The molecule has 3 nitrogen and oxygen atoms in total. The Balaban J connectivity index is 0.00000220. The number of hydrogen-bond donors (Lipinski definition) is 3. The molecule has 1 aromatic rings. The van der Waals surface area contributed by atoms with Gasteiger partial charge in [-0.05, 0) is 30.5 Å². The van der Waals surface area contributed by atoms with E-state index in [1.165, 1.54) is 6.07 Å². The van der Waals surface area contributed by atoms with Crippen LogP contribution in [0.25, 0.3) is 0 Å². The molecule has 0 aliphatic heterocycles. The topological polar surface area (TPSA) is 58.3 Å². The number of nitrogens with two attached hydrogens (primary N) is 1. The van der Waals surface area contributed by atoms with Crippen molar-refractivity contribution in [3.05, 3.63) is 28.3 Å². The van der Waals surface area contributed by atoms with Gasteiger partial charge in [-0.15, -0.1) is 12.4 Å². The summed E-state index contributed by atoms with van der Waals surface area (Å²) in [5.41, 5.74) is 3.93. The van der Waals surface area contributed by atoms with E-state index in [1.54, 1.807) is 0 Å². The standard InChI is InChI=1S/C13H16ClF3N2O.ClH/c14-10-5-7(4-9(12(10)18)13(15,16)17)11(20)6-19-8-2-1-3-8;/h4-5,8,11,19-20H,1-3,6,18H2;1H. The molecule has 1 fully saturated rings. The zero-order valence-corrected chi connectivity index (χ0v) is 12.7. The third kappa shape index (κ3) is 4.39. The Morgan fingerprint density at radius 1 is 1.38 bits per heavy atom. The van der Waals surface area contributed by atoms with Crippen molar-refractivity contribution in [2.24, 2.45) is 0 Å². The normalized spacial score (nSPS) is 17.0. The fourth-order valence-corrected chi connectivity index (χ4v) is 2.30. The van der Waals surface area contributed by atoms with Crippen LogP contribution in [-0.4, -0.2) is 17.7 Å². The van der Waals surface area contributed by atoms with Gasteiger partial charge in [0.15, 0.2) is 0 Å². The maximum Gasteiger partial charge on any atom is 0.418 e. The van der Waals surface area contributed by atoms with Crippen molar-refractivity contribution < 1.29 is 18.3 Å². The first-order chi connectivity index (χ1) is 9.29. The summed E-state index contributed by atoms with van der Waals surface area (Å²) in [6, 6.07) is 2.48. The second-order valence-electron chi connectivity index (χ2n) is 5.01. The molecule has 0 radical (unpaired) electrons. The maximum absolute atomic E-state index is 12.8. The molecule has 0 saturated heterocycles. The van der Waals surface area contributed by atoms with Crippen molar-refractivity contribution in [1.29, 1.82) is 0 Å². The lowest BCUT2D eigenvalue weighted by atomic mass is 9.93. The molecule has 21 heavy (non-hydrogen) atoms. The Morgan fingerprint density at radius 3 is 2.48 bits per heavy atom. The highest BCUT2D eigenvalue weighted by atomic mass is 35.5. The minimum Gasteiger partial charge on any atom is -0.397 e. The van der Waals surface area contributed by atoms with Gasteiger partial charge in [0.05, 0.1) is 22.4 Å². The molecular weight excluding hydrogens is 328 g/mol. The van der Waals surface area contributed by atoms with Crippen LogP contribution in [0.15, 0.2) is 12.1 Å². The van der Waals surface area contributed by atoms with Gasteiger partial charge in [-0.25, -0.2) is 0 Å². The van der Waals surface area contributed by atoms with E-state index in [2.05, 4.69) is 5.32 Å². The smallest absolute Gasteiger partial charge is 0.397 e. The highest BCUT2D eigenvalue weighted by Crippen LogP contribution is 2.38. The Morgan fingerprint density at radius 2 is 2.00 bits per heavy atom. The minimum atomic E-state index is -4.59. The van der Waals surface area contributed by atoms with Gasteiger partial charge in [0.25, 0.3) is 0 Å². The third-order valence-corrected chi connectivity index (χ3v) is 3.86. The fourth-order valence-electron chi connectivity index (χ4n) is 2.07. The van der Waals surface area contributed by atoms with E-state index in [4.69, 9.17) is 17.3 Å². The molecule has 1 aliphatic rings. The van der Waals surface area contributed by atoms with Crippen molar-refractivity contribution >= 4 is 29.7 Å². The second kappa shape index (κ2) is 7.05. The third-order valence-electron chi connectivity index (χ3n) is 3.55. The Labute approximate surface area is 132 Å². The van der Waals surface area contributed by atoms with Crippen molar-refractivity contribution in [2.75, 3.05) is 12.3 Å². The van der Waals surface area contributed by atoms with Gasteiger partial charge < -0.3 is 16.2 Å². The van der Waals surface area contributed by atoms with Crippen LogP contribution in [-0.2, 0) is 6.18 Å². The van der Waals surface area contributed by atoms with Crippen molar-refractivity contribution in [2.45, 2.75) is 37.6 Å². The summed E-state index contributed by atoms with van der Waals surface area (Å²) in [6.07, 6.45) is -2.44. The van der Waals surface area contributed by atoms with Crippen molar-refractivity contribution in [3.8, 4) is 0 Å². The molecule has 120 valence electrons. The Kier molecular flexibility index (Phi) is 6.16. The van der Waals surface area contributed by atoms with Crippen LogP contribution in [0.4, 0.5) is 18.9 Å². The number of rotatable bonds is 4. The molecule has 1 saturated carbocycles.